The van der Waals surface area contributed by atoms with Gasteiger partial charge in [0.1, 0.15) is 0 Å². The van der Waals surface area contributed by atoms with E-state index in [0.717, 1.165) is 13.0 Å². The molecule has 2 aliphatic rings. The van der Waals surface area contributed by atoms with Crippen molar-refractivity contribution in [3.8, 4) is 44.9 Å². The summed E-state index contributed by atoms with van der Waals surface area (Å²) in [6.07, 6.45) is 5.29. The highest BCUT2D eigenvalue weighted by atomic mass is 15.1. The van der Waals surface area contributed by atoms with Crippen LogP contribution in [0.2, 0.25) is 0 Å². The summed E-state index contributed by atoms with van der Waals surface area (Å²) in [7, 11) is 0. The number of hydrogen-bond donors (Lipinski definition) is 0. The fourth-order valence-corrected chi connectivity index (χ4v) is 7.62. The van der Waals surface area contributed by atoms with E-state index in [-0.39, 0.29) is 0 Å². The fraction of sp³-hybridized carbons (Fsp3) is 0.0682. The van der Waals surface area contributed by atoms with Crippen molar-refractivity contribution in [2.75, 3.05) is 0 Å². The Bertz CT molecular complexity index is 2370. The molecule has 0 spiro atoms. The average molecular weight is 605 g/mol. The molecule has 0 fully saturated rings. The number of aromatic nitrogens is 3. The highest BCUT2D eigenvalue weighted by Gasteiger charge is 2.39. The lowest BCUT2D eigenvalue weighted by Gasteiger charge is -2.20. The molecule has 5 heterocycles. The van der Waals surface area contributed by atoms with Crippen LogP contribution < -0.4 is 13.7 Å². The van der Waals surface area contributed by atoms with E-state index in [4.69, 9.17) is 0 Å². The van der Waals surface area contributed by atoms with E-state index in [1.54, 1.807) is 0 Å². The first-order valence-electron chi connectivity index (χ1n) is 16.4. The quantitative estimate of drug-likeness (QED) is 0.167. The average Bonchev–Trinajstić information content (AvgIpc) is 3.13. The van der Waals surface area contributed by atoms with Crippen LogP contribution in [-0.2, 0) is 13.0 Å². The maximum absolute atomic E-state index is 2.53. The van der Waals surface area contributed by atoms with E-state index in [1.807, 2.05) is 0 Å². The summed E-state index contributed by atoms with van der Waals surface area (Å²) >= 11 is 0. The first kappa shape index (κ1) is 27.4. The summed E-state index contributed by atoms with van der Waals surface area (Å²) < 4.78 is 7.37. The molecule has 0 N–H and O–H groups in total. The van der Waals surface area contributed by atoms with Crippen molar-refractivity contribution in [3.63, 3.8) is 0 Å². The molecule has 3 nitrogen and oxygen atoms in total. The molecule has 0 aliphatic carbocycles. The standard InChI is InChI=1S/C44H34N3/c1-31-35(32-15-3-2-4-16-32)25-26-42-38-21-9-10-22-39(38)44(43-29-33-17-5-7-19-36(33)40-23-11-13-27-45(40)43)46-28-14-12-24-41(46)37-20-8-6-18-34(37)30-47(31)42/h2-28H,29-30H2,1H3/q+3/b44-43-. The Labute approximate surface area is 275 Å². The predicted molar refractivity (Wildman–Crippen MR) is 188 cm³/mol. The molecule has 0 saturated carbocycles. The number of hydrogen-bond acceptors (Lipinski definition) is 0. The van der Waals surface area contributed by atoms with Gasteiger partial charge in [0.05, 0.1) is 28.7 Å². The van der Waals surface area contributed by atoms with Gasteiger partial charge in [-0.05, 0) is 53.6 Å². The molecule has 9 rings (SSSR count). The first-order valence-corrected chi connectivity index (χ1v) is 16.4. The van der Waals surface area contributed by atoms with E-state index in [2.05, 4.69) is 185 Å². The van der Waals surface area contributed by atoms with Gasteiger partial charge in [-0.3, -0.25) is 0 Å². The third-order valence-corrected chi connectivity index (χ3v) is 9.83. The second kappa shape index (κ2) is 11.1. The van der Waals surface area contributed by atoms with Crippen LogP contribution in [0.5, 0.6) is 0 Å². The monoisotopic (exact) mass is 604 g/mol. The number of pyridine rings is 3. The minimum Gasteiger partial charge on any atom is -0.191 e. The maximum atomic E-state index is 2.53. The van der Waals surface area contributed by atoms with Gasteiger partial charge in [0.2, 0.25) is 17.1 Å². The van der Waals surface area contributed by atoms with Gasteiger partial charge in [-0.15, -0.1) is 0 Å². The summed E-state index contributed by atoms with van der Waals surface area (Å²) in [5.74, 6) is 0. The van der Waals surface area contributed by atoms with Crippen LogP contribution in [0.4, 0.5) is 0 Å². The third-order valence-electron chi connectivity index (χ3n) is 9.83. The molecule has 0 saturated heterocycles. The van der Waals surface area contributed by atoms with Gasteiger partial charge in [0.15, 0.2) is 24.6 Å². The predicted octanol–water partition coefficient (Wildman–Crippen LogP) is 8.32. The van der Waals surface area contributed by atoms with Crippen molar-refractivity contribution >= 4 is 11.4 Å². The van der Waals surface area contributed by atoms with Crippen molar-refractivity contribution in [1.82, 2.24) is 0 Å². The Hall–Kier alpha value is -5.93. The van der Waals surface area contributed by atoms with Crippen LogP contribution in [0, 0.1) is 6.92 Å². The fourth-order valence-electron chi connectivity index (χ4n) is 7.62. The van der Waals surface area contributed by atoms with Gasteiger partial charge in [-0.25, -0.2) is 0 Å². The Kier molecular flexibility index (Phi) is 6.50. The Morgan fingerprint density at radius 2 is 1.00 bits per heavy atom. The highest BCUT2D eigenvalue weighted by Crippen LogP contribution is 2.37. The van der Waals surface area contributed by atoms with Crippen LogP contribution in [0.25, 0.3) is 56.3 Å². The summed E-state index contributed by atoms with van der Waals surface area (Å²) in [5.41, 5.74) is 17.4. The zero-order valence-electron chi connectivity index (χ0n) is 26.3. The van der Waals surface area contributed by atoms with Crippen molar-refractivity contribution in [2.24, 2.45) is 0 Å². The summed E-state index contributed by atoms with van der Waals surface area (Å²) in [6, 6.07) is 55.3. The summed E-state index contributed by atoms with van der Waals surface area (Å²) in [6.45, 7) is 3.03. The van der Waals surface area contributed by atoms with Crippen molar-refractivity contribution in [3.05, 3.63) is 186 Å². The minimum atomic E-state index is 0.762. The largest absolute Gasteiger partial charge is 0.287 e. The molecule has 3 aromatic heterocycles. The highest BCUT2D eigenvalue weighted by molar-refractivity contribution is 5.86. The molecular weight excluding hydrogens is 571 g/mol. The van der Waals surface area contributed by atoms with E-state index >= 15 is 0 Å². The molecule has 222 valence electrons. The molecular formula is C44H34N3+3. The molecule has 0 bridgehead atoms. The SMILES string of the molecule is Cc1c(-c2ccccc2)ccc2[n+]1Cc1ccccc1-c1cccc[n+]1/C(=C1/Cc3ccccc3-c3cccc[n+]31)c1ccccc1-2. The lowest BCUT2D eigenvalue weighted by atomic mass is 9.90. The number of fused-ring (bicyclic) bond motifs is 9. The smallest absolute Gasteiger partial charge is 0.191 e. The Balaban J connectivity index is 1.43. The van der Waals surface area contributed by atoms with Gasteiger partial charge in [-0.2, -0.15) is 13.7 Å². The summed E-state index contributed by atoms with van der Waals surface area (Å²) in [5, 5.41) is 0. The molecule has 4 aromatic carbocycles. The lowest BCUT2D eigenvalue weighted by Crippen LogP contribution is -2.46. The molecule has 0 unspecified atom stereocenters. The van der Waals surface area contributed by atoms with Gasteiger partial charge in [0, 0.05) is 48.4 Å². The zero-order chi connectivity index (χ0) is 31.3. The van der Waals surface area contributed by atoms with Gasteiger partial charge < -0.3 is 0 Å². The van der Waals surface area contributed by atoms with Crippen molar-refractivity contribution in [2.45, 2.75) is 19.9 Å². The van der Waals surface area contributed by atoms with E-state index in [0.29, 0.717) is 0 Å². The van der Waals surface area contributed by atoms with Crippen LogP contribution in [-0.4, -0.2) is 0 Å². The minimum absolute atomic E-state index is 0.762. The Morgan fingerprint density at radius 3 is 1.77 bits per heavy atom. The first-order chi connectivity index (χ1) is 23.3. The van der Waals surface area contributed by atoms with E-state index in [9.17, 15) is 0 Å². The number of allylic oxidation sites excluding steroid dienone is 1. The molecule has 7 aromatic rings. The van der Waals surface area contributed by atoms with Crippen molar-refractivity contribution < 1.29 is 13.7 Å². The third kappa shape index (κ3) is 4.46. The maximum Gasteiger partial charge on any atom is 0.287 e. The van der Waals surface area contributed by atoms with E-state index < -0.39 is 0 Å². The Morgan fingerprint density at radius 1 is 0.426 bits per heavy atom. The second-order valence-corrected chi connectivity index (χ2v) is 12.4. The second-order valence-electron chi connectivity index (χ2n) is 12.4. The number of nitrogens with zero attached hydrogens (tertiary/aromatic N) is 3. The van der Waals surface area contributed by atoms with Gasteiger partial charge in [-0.1, -0.05) is 78.9 Å². The lowest BCUT2D eigenvalue weighted by molar-refractivity contribution is -0.683. The molecule has 0 radical (unpaired) electrons. The van der Waals surface area contributed by atoms with Crippen molar-refractivity contribution in [1.29, 1.82) is 0 Å². The van der Waals surface area contributed by atoms with Crippen LogP contribution in [0.3, 0.4) is 0 Å². The van der Waals surface area contributed by atoms with Gasteiger partial charge in [0.25, 0.3) is 11.4 Å². The van der Waals surface area contributed by atoms with Crippen LogP contribution in [0.1, 0.15) is 22.4 Å². The summed E-state index contributed by atoms with van der Waals surface area (Å²) in [4.78, 5) is 0. The molecule has 2 aliphatic heterocycles. The van der Waals surface area contributed by atoms with Crippen LogP contribution in [0.15, 0.2) is 164 Å². The molecule has 0 amide bonds. The molecule has 3 heteroatoms. The van der Waals surface area contributed by atoms with Gasteiger partial charge >= 0.3 is 0 Å². The molecule has 47 heavy (non-hydrogen) atoms. The van der Waals surface area contributed by atoms with Crippen LogP contribution >= 0.6 is 0 Å². The zero-order valence-corrected chi connectivity index (χ0v) is 26.3. The normalized spacial score (nSPS) is 14.5. The van der Waals surface area contributed by atoms with E-state index in [1.165, 1.54) is 78.7 Å². The number of rotatable bonds is 1. The molecule has 0 atom stereocenters. The topological polar surface area (TPSA) is 11.6 Å². The number of benzene rings is 4.